The molecule has 3 N–H and O–H groups in total. The number of aryl methyl sites for hydroxylation is 1. The average molecular weight is 707 g/mol. The van der Waals surface area contributed by atoms with Crippen molar-refractivity contribution in [3.8, 4) is 34.0 Å². The molecule has 0 aliphatic heterocycles. The highest BCUT2D eigenvalue weighted by molar-refractivity contribution is 5.96. The standard InChI is InChI=1S/C40H33F3N4O5/c1-25-6-10-27(11-7-25)28-14-16-29(17-15-28)37-45-38(52-46-37)30-12-8-26(9-13-30)23-47(24-36(49)50)39(51)31-18-20-33(21-19-31)44-35(48)22-32-4-2-3-5-34(32)40(41,42)43/h2-21,36,49-50H,22-24H2,1H3,(H,44,48). The van der Waals surface area contributed by atoms with Crippen molar-refractivity contribution in [3.05, 3.63) is 149 Å². The molecule has 0 spiro atoms. The maximum absolute atomic E-state index is 13.4. The van der Waals surface area contributed by atoms with Crippen molar-refractivity contribution in [2.45, 2.75) is 32.4 Å². The van der Waals surface area contributed by atoms with Crippen LogP contribution >= 0.6 is 0 Å². The lowest BCUT2D eigenvalue weighted by molar-refractivity contribution is -0.138. The van der Waals surface area contributed by atoms with E-state index in [0.29, 0.717) is 22.8 Å². The molecule has 6 aromatic rings. The van der Waals surface area contributed by atoms with Crippen molar-refractivity contribution in [2.75, 3.05) is 11.9 Å². The van der Waals surface area contributed by atoms with Crippen molar-refractivity contribution in [1.29, 1.82) is 0 Å². The molecule has 12 heteroatoms. The van der Waals surface area contributed by atoms with Crippen LogP contribution in [-0.4, -0.2) is 49.9 Å². The highest BCUT2D eigenvalue weighted by Crippen LogP contribution is 2.32. The molecule has 0 unspecified atom stereocenters. The summed E-state index contributed by atoms with van der Waals surface area (Å²) in [6.45, 7) is 1.70. The third-order valence-corrected chi connectivity index (χ3v) is 8.29. The highest BCUT2D eigenvalue weighted by Gasteiger charge is 2.33. The van der Waals surface area contributed by atoms with E-state index in [-0.39, 0.29) is 29.9 Å². The predicted molar refractivity (Wildman–Crippen MR) is 189 cm³/mol. The number of benzene rings is 5. The minimum absolute atomic E-state index is 0.0379. The van der Waals surface area contributed by atoms with E-state index in [1.807, 2.05) is 31.2 Å². The fourth-order valence-electron chi connectivity index (χ4n) is 5.61. The molecule has 0 atom stereocenters. The van der Waals surface area contributed by atoms with Gasteiger partial charge < -0.3 is 25.0 Å². The lowest BCUT2D eigenvalue weighted by Gasteiger charge is -2.24. The number of nitrogens with zero attached hydrogens (tertiary/aromatic N) is 3. The molecule has 264 valence electrons. The second-order valence-corrected chi connectivity index (χ2v) is 12.2. The van der Waals surface area contributed by atoms with E-state index in [9.17, 15) is 33.0 Å². The first-order valence-electron chi connectivity index (χ1n) is 16.2. The van der Waals surface area contributed by atoms with Crippen LogP contribution in [0.1, 0.15) is 32.6 Å². The van der Waals surface area contributed by atoms with Gasteiger partial charge in [0.15, 0.2) is 6.29 Å². The molecule has 1 aromatic heterocycles. The fourth-order valence-corrected chi connectivity index (χ4v) is 5.61. The van der Waals surface area contributed by atoms with Crippen LogP contribution in [0.3, 0.4) is 0 Å². The van der Waals surface area contributed by atoms with Crippen LogP contribution in [0.4, 0.5) is 18.9 Å². The zero-order valence-electron chi connectivity index (χ0n) is 27.8. The lowest BCUT2D eigenvalue weighted by Crippen LogP contribution is -2.37. The third-order valence-electron chi connectivity index (χ3n) is 8.29. The van der Waals surface area contributed by atoms with Gasteiger partial charge in [0.25, 0.3) is 11.8 Å². The molecule has 0 saturated heterocycles. The van der Waals surface area contributed by atoms with E-state index < -0.39 is 36.3 Å². The normalized spacial score (nSPS) is 11.4. The number of rotatable bonds is 11. The molecule has 52 heavy (non-hydrogen) atoms. The Kier molecular flexibility index (Phi) is 10.6. The van der Waals surface area contributed by atoms with E-state index in [1.54, 1.807) is 24.3 Å². The molecule has 0 bridgehead atoms. The zero-order chi connectivity index (χ0) is 36.8. The maximum atomic E-state index is 13.4. The summed E-state index contributed by atoms with van der Waals surface area (Å²) in [6.07, 6.45) is -6.89. The molecule has 0 aliphatic carbocycles. The Morgan fingerprint density at radius 3 is 2.02 bits per heavy atom. The molecule has 0 saturated carbocycles. The zero-order valence-corrected chi connectivity index (χ0v) is 27.8. The second kappa shape index (κ2) is 15.4. The number of hydrogen-bond acceptors (Lipinski definition) is 7. The molecule has 0 radical (unpaired) electrons. The number of hydrogen-bond donors (Lipinski definition) is 3. The van der Waals surface area contributed by atoms with Gasteiger partial charge in [-0.25, -0.2) is 0 Å². The third kappa shape index (κ3) is 8.78. The Hall–Kier alpha value is -6.11. The Bertz CT molecular complexity index is 2150. The van der Waals surface area contributed by atoms with Gasteiger partial charge in [-0.3, -0.25) is 9.59 Å². The fraction of sp³-hybridized carbons (Fsp3) is 0.150. The quantitative estimate of drug-likeness (QED) is 0.119. The monoisotopic (exact) mass is 706 g/mol. The van der Waals surface area contributed by atoms with Crippen molar-refractivity contribution in [3.63, 3.8) is 0 Å². The number of carbonyl (C=O) groups excluding carboxylic acids is 2. The average Bonchev–Trinajstić information content (AvgIpc) is 3.62. The summed E-state index contributed by atoms with van der Waals surface area (Å²) in [5, 5.41) is 26.1. The summed E-state index contributed by atoms with van der Waals surface area (Å²) < 4.78 is 45.5. The number of halogens is 3. The van der Waals surface area contributed by atoms with Crippen LogP contribution in [0.25, 0.3) is 34.0 Å². The van der Waals surface area contributed by atoms with Crippen LogP contribution in [-0.2, 0) is 23.9 Å². The molecule has 5 aromatic carbocycles. The lowest BCUT2D eigenvalue weighted by atomic mass is 10.0. The van der Waals surface area contributed by atoms with Crippen LogP contribution in [0.5, 0.6) is 0 Å². The molecule has 0 fully saturated rings. The van der Waals surface area contributed by atoms with Crippen LogP contribution in [0.2, 0.25) is 0 Å². The smallest absolute Gasteiger partial charge is 0.367 e. The number of anilines is 1. The molecule has 1 heterocycles. The number of aromatic nitrogens is 2. The number of aliphatic hydroxyl groups excluding tert-OH is 1. The van der Waals surface area contributed by atoms with Gasteiger partial charge in [0.2, 0.25) is 11.7 Å². The number of carbonyl (C=O) groups is 2. The Labute approximate surface area is 297 Å². The Balaban J connectivity index is 1.08. The van der Waals surface area contributed by atoms with Gasteiger partial charge in [-0.1, -0.05) is 89.6 Å². The summed E-state index contributed by atoms with van der Waals surface area (Å²) >= 11 is 0. The minimum atomic E-state index is -4.59. The van der Waals surface area contributed by atoms with Gasteiger partial charge in [0, 0.05) is 28.9 Å². The summed E-state index contributed by atoms with van der Waals surface area (Å²) in [7, 11) is 0. The molecular formula is C40H33F3N4O5. The molecule has 6 rings (SSSR count). The van der Waals surface area contributed by atoms with Crippen molar-refractivity contribution < 1.29 is 37.5 Å². The minimum Gasteiger partial charge on any atom is -0.367 e. The van der Waals surface area contributed by atoms with Crippen LogP contribution in [0, 0.1) is 6.92 Å². The SMILES string of the molecule is Cc1ccc(-c2ccc(-c3noc(-c4ccc(CN(CC(O)O)C(=O)c5ccc(NC(=O)Cc6ccccc6C(F)(F)F)cc5)cc4)n3)cc2)cc1. The Morgan fingerprint density at radius 1 is 0.788 bits per heavy atom. The molecule has 2 amide bonds. The van der Waals surface area contributed by atoms with Gasteiger partial charge in [-0.15, -0.1) is 0 Å². The Morgan fingerprint density at radius 2 is 1.38 bits per heavy atom. The summed E-state index contributed by atoms with van der Waals surface area (Å²) in [6, 6.07) is 33.8. The maximum Gasteiger partial charge on any atom is 0.416 e. The molecular weight excluding hydrogens is 673 g/mol. The second-order valence-electron chi connectivity index (χ2n) is 12.2. The van der Waals surface area contributed by atoms with Crippen LogP contribution in [0.15, 0.2) is 126 Å². The summed E-state index contributed by atoms with van der Waals surface area (Å²) in [5.41, 5.74) is 4.92. The molecule has 0 aliphatic rings. The number of amides is 2. The summed E-state index contributed by atoms with van der Waals surface area (Å²) in [5.74, 6) is -0.433. The van der Waals surface area contributed by atoms with E-state index in [2.05, 4.69) is 39.7 Å². The van der Waals surface area contributed by atoms with Gasteiger partial charge in [0.1, 0.15) is 0 Å². The van der Waals surface area contributed by atoms with Crippen molar-refractivity contribution >= 4 is 17.5 Å². The van der Waals surface area contributed by atoms with E-state index in [1.165, 1.54) is 52.9 Å². The highest BCUT2D eigenvalue weighted by atomic mass is 19.4. The van der Waals surface area contributed by atoms with Gasteiger partial charge in [-0.05, 0) is 71.6 Å². The van der Waals surface area contributed by atoms with E-state index in [4.69, 9.17) is 4.52 Å². The van der Waals surface area contributed by atoms with Crippen LogP contribution < -0.4 is 5.32 Å². The van der Waals surface area contributed by atoms with Crippen molar-refractivity contribution in [2.24, 2.45) is 0 Å². The molecule has 9 nitrogen and oxygen atoms in total. The number of nitrogens with one attached hydrogen (secondary N) is 1. The first-order valence-corrected chi connectivity index (χ1v) is 16.2. The first kappa shape index (κ1) is 35.7. The number of alkyl halides is 3. The first-order chi connectivity index (χ1) is 24.9. The van der Waals surface area contributed by atoms with Crippen molar-refractivity contribution in [1.82, 2.24) is 15.0 Å². The van der Waals surface area contributed by atoms with E-state index >= 15 is 0 Å². The van der Waals surface area contributed by atoms with Gasteiger partial charge >= 0.3 is 6.18 Å². The summed E-state index contributed by atoms with van der Waals surface area (Å²) in [4.78, 5) is 31.7. The largest absolute Gasteiger partial charge is 0.416 e. The van der Waals surface area contributed by atoms with Gasteiger partial charge in [-0.2, -0.15) is 18.2 Å². The van der Waals surface area contributed by atoms with E-state index in [0.717, 1.165) is 22.8 Å². The predicted octanol–water partition coefficient (Wildman–Crippen LogP) is 7.53. The topological polar surface area (TPSA) is 129 Å². The number of aliphatic hydroxyl groups is 2. The van der Waals surface area contributed by atoms with Gasteiger partial charge in [0.05, 0.1) is 18.5 Å².